The van der Waals surface area contributed by atoms with Gasteiger partial charge < -0.3 is 14.6 Å². The van der Waals surface area contributed by atoms with E-state index in [0.717, 1.165) is 6.42 Å². The lowest BCUT2D eigenvalue weighted by Gasteiger charge is -1.95. The first-order valence-corrected chi connectivity index (χ1v) is 3.86. The molecule has 1 heterocycles. The summed E-state index contributed by atoms with van der Waals surface area (Å²) in [5.74, 6) is 0.608. The van der Waals surface area contributed by atoms with E-state index in [2.05, 4.69) is 0 Å². The van der Waals surface area contributed by atoms with Gasteiger partial charge in [0.2, 0.25) is 0 Å². The van der Waals surface area contributed by atoms with Gasteiger partial charge in [-0.1, -0.05) is 0 Å². The summed E-state index contributed by atoms with van der Waals surface area (Å²) in [6, 6.07) is 0. The topological polar surface area (TPSA) is 42.0 Å². The molecule has 0 amide bonds. The minimum absolute atomic E-state index is 0.0472. The second-order valence-electron chi connectivity index (χ2n) is 2.14. The molecular formula is C6H11ClO3. The van der Waals surface area contributed by atoms with E-state index >= 15 is 0 Å². The van der Waals surface area contributed by atoms with Crippen molar-refractivity contribution in [3.8, 4) is 0 Å². The van der Waals surface area contributed by atoms with Crippen molar-refractivity contribution in [2.75, 3.05) is 19.1 Å². The summed E-state index contributed by atoms with van der Waals surface area (Å²) in [7, 11) is 0. The second-order valence-corrected chi connectivity index (χ2v) is 2.52. The van der Waals surface area contributed by atoms with E-state index in [-0.39, 0.29) is 19.0 Å². The maximum atomic E-state index is 8.50. The highest BCUT2D eigenvalue weighted by Gasteiger charge is 2.38. The van der Waals surface area contributed by atoms with Crippen LogP contribution in [-0.2, 0) is 9.47 Å². The Morgan fingerprint density at radius 1 is 1.60 bits per heavy atom. The Bertz CT molecular complexity index is 99.0. The zero-order valence-electron chi connectivity index (χ0n) is 5.62. The first kappa shape index (κ1) is 8.27. The molecule has 4 heteroatoms. The number of aliphatic hydroxyl groups is 1. The van der Waals surface area contributed by atoms with Crippen molar-refractivity contribution in [3.05, 3.63) is 0 Å². The summed E-state index contributed by atoms with van der Waals surface area (Å²) in [4.78, 5) is 0. The van der Waals surface area contributed by atoms with Gasteiger partial charge >= 0.3 is 0 Å². The van der Waals surface area contributed by atoms with Gasteiger partial charge in [-0.15, -0.1) is 11.6 Å². The normalized spacial score (nSPS) is 30.6. The van der Waals surface area contributed by atoms with E-state index in [1.807, 2.05) is 0 Å². The van der Waals surface area contributed by atoms with Crippen LogP contribution in [-0.4, -0.2) is 36.6 Å². The maximum Gasteiger partial charge on any atom is 0.186 e. The summed E-state index contributed by atoms with van der Waals surface area (Å²) >= 11 is 5.41. The highest BCUT2D eigenvalue weighted by atomic mass is 35.5. The molecule has 1 fully saturated rings. The second kappa shape index (κ2) is 4.13. The SMILES string of the molecule is OCC1OC1OCCCCl. The van der Waals surface area contributed by atoms with Gasteiger partial charge in [0, 0.05) is 5.88 Å². The van der Waals surface area contributed by atoms with Gasteiger partial charge in [-0.2, -0.15) is 0 Å². The molecule has 60 valence electrons. The van der Waals surface area contributed by atoms with Crippen molar-refractivity contribution in [1.82, 2.24) is 0 Å². The number of hydrogen-bond acceptors (Lipinski definition) is 3. The molecule has 1 N–H and O–H groups in total. The third kappa shape index (κ3) is 2.42. The molecule has 1 saturated heterocycles. The molecule has 10 heavy (non-hydrogen) atoms. The van der Waals surface area contributed by atoms with Crippen molar-refractivity contribution in [3.63, 3.8) is 0 Å². The van der Waals surface area contributed by atoms with Gasteiger partial charge in [-0.05, 0) is 6.42 Å². The lowest BCUT2D eigenvalue weighted by molar-refractivity contribution is 0.0510. The molecule has 1 rings (SSSR count). The fourth-order valence-corrected chi connectivity index (χ4v) is 0.766. The van der Waals surface area contributed by atoms with E-state index in [1.54, 1.807) is 0 Å². The van der Waals surface area contributed by atoms with Gasteiger partial charge in [0.1, 0.15) is 6.10 Å². The minimum Gasteiger partial charge on any atom is -0.393 e. The molecule has 2 atom stereocenters. The van der Waals surface area contributed by atoms with Gasteiger partial charge in [-0.3, -0.25) is 0 Å². The zero-order chi connectivity index (χ0) is 7.40. The molecule has 0 radical (unpaired) electrons. The minimum atomic E-state index is -0.173. The Morgan fingerprint density at radius 2 is 2.40 bits per heavy atom. The molecule has 3 nitrogen and oxygen atoms in total. The van der Waals surface area contributed by atoms with Crippen LogP contribution in [0.1, 0.15) is 6.42 Å². The molecular weight excluding hydrogens is 156 g/mol. The number of aliphatic hydroxyl groups excluding tert-OH is 1. The van der Waals surface area contributed by atoms with Crippen LogP contribution in [0.15, 0.2) is 0 Å². The van der Waals surface area contributed by atoms with Crippen LogP contribution < -0.4 is 0 Å². The smallest absolute Gasteiger partial charge is 0.186 e. The standard InChI is InChI=1S/C6H11ClO3/c7-2-1-3-9-6-5(4-8)10-6/h5-6,8H,1-4H2. The van der Waals surface area contributed by atoms with E-state index in [0.29, 0.717) is 12.5 Å². The Morgan fingerprint density at radius 3 is 2.90 bits per heavy atom. The molecule has 0 saturated carbocycles. The molecule has 0 spiro atoms. The maximum absolute atomic E-state index is 8.50. The molecule has 2 unspecified atom stereocenters. The summed E-state index contributed by atoms with van der Waals surface area (Å²) in [6.07, 6.45) is 0.572. The van der Waals surface area contributed by atoms with Crippen LogP contribution in [0, 0.1) is 0 Å². The number of hydrogen-bond donors (Lipinski definition) is 1. The van der Waals surface area contributed by atoms with Crippen molar-refractivity contribution < 1.29 is 14.6 Å². The predicted octanol–water partition coefficient (Wildman–Crippen LogP) is 0.349. The van der Waals surface area contributed by atoms with Crippen molar-refractivity contribution >= 4 is 11.6 Å². The molecule has 0 aromatic heterocycles. The van der Waals surface area contributed by atoms with Crippen LogP contribution in [0.2, 0.25) is 0 Å². The lowest BCUT2D eigenvalue weighted by atomic mass is 10.5. The molecule has 0 aromatic rings. The Hall–Kier alpha value is 0.170. The average molecular weight is 167 g/mol. The van der Waals surface area contributed by atoms with E-state index < -0.39 is 0 Å². The first-order valence-electron chi connectivity index (χ1n) is 3.32. The third-order valence-corrected chi connectivity index (χ3v) is 1.54. The van der Waals surface area contributed by atoms with Gasteiger partial charge in [0.25, 0.3) is 0 Å². The monoisotopic (exact) mass is 166 g/mol. The Kier molecular flexibility index (Phi) is 3.42. The fourth-order valence-electron chi connectivity index (χ4n) is 0.657. The van der Waals surface area contributed by atoms with Gasteiger partial charge in [0.05, 0.1) is 13.2 Å². The number of rotatable bonds is 5. The van der Waals surface area contributed by atoms with Crippen LogP contribution in [0.3, 0.4) is 0 Å². The zero-order valence-corrected chi connectivity index (χ0v) is 6.38. The van der Waals surface area contributed by atoms with Crippen molar-refractivity contribution in [2.45, 2.75) is 18.8 Å². The number of halogens is 1. The van der Waals surface area contributed by atoms with Crippen LogP contribution >= 0.6 is 11.6 Å². The number of ether oxygens (including phenoxy) is 2. The summed E-state index contributed by atoms with van der Waals surface area (Å²) in [5.41, 5.74) is 0. The quantitative estimate of drug-likeness (QED) is 0.364. The molecule has 1 aliphatic heterocycles. The Labute approximate surface area is 64.9 Å². The molecule has 0 aromatic carbocycles. The molecule has 1 aliphatic rings. The van der Waals surface area contributed by atoms with E-state index in [1.165, 1.54) is 0 Å². The van der Waals surface area contributed by atoms with Crippen LogP contribution in [0.5, 0.6) is 0 Å². The van der Waals surface area contributed by atoms with Crippen molar-refractivity contribution in [1.29, 1.82) is 0 Å². The third-order valence-electron chi connectivity index (χ3n) is 1.28. The van der Waals surface area contributed by atoms with Crippen LogP contribution in [0.25, 0.3) is 0 Å². The summed E-state index contributed by atoms with van der Waals surface area (Å²) < 4.78 is 10.0. The van der Waals surface area contributed by atoms with E-state index in [9.17, 15) is 0 Å². The Balaban J connectivity index is 1.87. The van der Waals surface area contributed by atoms with Gasteiger partial charge in [0.15, 0.2) is 6.29 Å². The molecule has 0 aliphatic carbocycles. The summed E-state index contributed by atoms with van der Waals surface area (Å²) in [6.45, 7) is 0.663. The lowest BCUT2D eigenvalue weighted by Crippen LogP contribution is -2.04. The van der Waals surface area contributed by atoms with Crippen molar-refractivity contribution in [2.24, 2.45) is 0 Å². The fraction of sp³-hybridized carbons (Fsp3) is 1.00. The number of epoxide rings is 1. The highest BCUT2D eigenvalue weighted by Crippen LogP contribution is 2.22. The van der Waals surface area contributed by atoms with Crippen LogP contribution in [0.4, 0.5) is 0 Å². The largest absolute Gasteiger partial charge is 0.393 e. The average Bonchev–Trinajstić information content (AvgIpc) is 2.68. The predicted molar refractivity (Wildman–Crippen MR) is 37.0 cm³/mol. The first-order chi connectivity index (χ1) is 4.88. The van der Waals surface area contributed by atoms with E-state index in [4.69, 9.17) is 26.2 Å². The molecule has 0 bridgehead atoms. The van der Waals surface area contributed by atoms with Gasteiger partial charge in [-0.25, -0.2) is 0 Å². The highest BCUT2D eigenvalue weighted by molar-refractivity contribution is 6.17. The number of alkyl halides is 1. The summed E-state index contributed by atoms with van der Waals surface area (Å²) in [5, 5.41) is 8.50.